The quantitative estimate of drug-likeness (QED) is 0.659. The lowest BCUT2D eigenvalue weighted by atomic mass is 9.83. The van der Waals surface area contributed by atoms with Crippen LogP contribution in [-0.4, -0.2) is 22.0 Å². The molecule has 3 aromatic rings. The molecule has 0 bridgehead atoms. The van der Waals surface area contributed by atoms with Crippen molar-refractivity contribution in [2.45, 2.75) is 23.1 Å². The van der Waals surface area contributed by atoms with Gasteiger partial charge in [-0.1, -0.05) is 71.1 Å². The van der Waals surface area contributed by atoms with Gasteiger partial charge in [-0.2, -0.15) is 0 Å². The number of hydrogen-bond acceptors (Lipinski definition) is 5. The van der Waals surface area contributed by atoms with Gasteiger partial charge in [0, 0.05) is 10.8 Å². The number of thioether (sulfide) groups is 1. The van der Waals surface area contributed by atoms with Crippen molar-refractivity contribution in [3.63, 3.8) is 0 Å². The summed E-state index contributed by atoms with van der Waals surface area (Å²) in [4.78, 5) is 43.5. The van der Waals surface area contributed by atoms with Crippen molar-refractivity contribution in [3.05, 3.63) is 80.3 Å². The standard InChI is InChI=1S/C21H16N2O3S2/c1-11-7-9-13(10-8-11)23-19(24)15-14(12-5-3-2-4-6-12)16-18(22-21(26)28-16)27-17(15)20(23)25/h2-10,14-15,17H,1H3,(H,22,26)/t14-,15+,17-/m0/s1. The van der Waals surface area contributed by atoms with E-state index < -0.39 is 11.2 Å². The molecule has 2 aromatic carbocycles. The third kappa shape index (κ3) is 2.57. The SMILES string of the molecule is Cc1ccc(N2C(=O)[C@@H]3[C@H](c4ccccc4)c4sc(=O)[nH]c4S[C@@H]3C2=O)cc1. The molecule has 1 fully saturated rings. The zero-order valence-electron chi connectivity index (χ0n) is 14.9. The van der Waals surface area contributed by atoms with E-state index in [1.54, 1.807) is 0 Å². The second kappa shape index (κ2) is 6.46. The second-order valence-electron chi connectivity index (χ2n) is 7.01. The number of benzene rings is 2. The van der Waals surface area contributed by atoms with E-state index in [-0.39, 0.29) is 22.6 Å². The second-order valence-corrected chi connectivity index (χ2v) is 9.17. The number of thiazole rings is 1. The van der Waals surface area contributed by atoms with Crippen molar-refractivity contribution in [2.75, 3.05) is 4.90 Å². The molecule has 2 aliphatic rings. The van der Waals surface area contributed by atoms with E-state index in [0.717, 1.165) is 27.3 Å². The molecule has 2 amide bonds. The molecule has 1 aromatic heterocycles. The van der Waals surface area contributed by atoms with Gasteiger partial charge in [0.1, 0.15) is 5.25 Å². The zero-order chi connectivity index (χ0) is 19.4. The normalized spacial score (nSPS) is 23.6. The van der Waals surface area contributed by atoms with Crippen LogP contribution in [0.1, 0.15) is 21.9 Å². The van der Waals surface area contributed by atoms with E-state index >= 15 is 0 Å². The first kappa shape index (κ1) is 17.5. The molecule has 1 N–H and O–H groups in total. The lowest BCUT2D eigenvalue weighted by Crippen LogP contribution is -2.32. The molecule has 3 heterocycles. The molecule has 0 saturated carbocycles. The van der Waals surface area contributed by atoms with Crippen LogP contribution in [0.2, 0.25) is 0 Å². The van der Waals surface area contributed by atoms with Crippen LogP contribution in [0.5, 0.6) is 0 Å². The van der Waals surface area contributed by atoms with Crippen LogP contribution in [-0.2, 0) is 9.59 Å². The van der Waals surface area contributed by atoms with Crippen molar-refractivity contribution in [2.24, 2.45) is 5.92 Å². The van der Waals surface area contributed by atoms with Gasteiger partial charge in [-0.3, -0.25) is 14.4 Å². The number of imide groups is 1. The highest BCUT2D eigenvalue weighted by atomic mass is 32.2. The topological polar surface area (TPSA) is 70.2 Å². The fourth-order valence-corrected chi connectivity index (χ4v) is 6.50. The van der Waals surface area contributed by atoms with Crippen LogP contribution >= 0.6 is 23.1 Å². The summed E-state index contributed by atoms with van der Waals surface area (Å²) >= 11 is 2.43. The number of carbonyl (C=O) groups is 2. The Morgan fingerprint density at radius 1 is 0.929 bits per heavy atom. The van der Waals surface area contributed by atoms with Gasteiger partial charge >= 0.3 is 4.87 Å². The van der Waals surface area contributed by atoms with Gasteiger partial charge < -0.3 is 4.98 Å². The average Bonchev–Trinajstić information content (AvgIpc) is 3.18. The number of amides is 2. The number of nitrogens with one attached hydrogen (secondary N) is 1. The maximum absolute atomic E-state index is 13.4. The fraction of sp³-hybridized carbons (Fsp3) is 0.190. The zero-order valence-corrected chi connectivity index (χ0v) is 16.5. The van der Waals surface area contributed by atoms with Crippen molar-refractivity contribution in [3.8, 4) is 0 Å². The first-order valence-corrected chi connectivity index (χ1v) is 10.6. The number of fused-ring (bicyclic) bond motifs is 2. The van der Waals surface area contributed by atoms with Crippen LogP contribution in [0.3, 0.4) is 0 Å². The Kier molecular flexibility index (Phi) is 4.03. The Balaban J connectivity index is 1.65. The Labute approximate surface area is 169 Å². The van der Waals surface area contributed by atoms with Crippen LogP contribution in [0.15, 0.2) is 64.4 Å². The van der Waals surface area contributed by atoms with Gasteiger partial charge in [-0.05, 0) is 24.6 Å². The van der Waals surface area contributed by atoms with Crippen molar-refractivity contribution in [1.29, 1.82) is 0 Å². The smallest absolute Gasteiger partial charge is 0.305 e. The van der Waals surface area contributed by atoms with Gasteiger partial charge in [0.25, 0.3) is 0 Å². The van der Waals surface area contributed by atoms with Crippen molar-refractivity contribution < 1.29 is 9.59 Å². The molecule has 140 valence electrons. The molecule has 0 aliphatic carbocycles. The molecular formula is C21H16N2O3S2. The predicted molar refractivity (Wildman–Crippen MR) is 110 cm³/mol. The lowest BCUT2D eigenvalue weighted by molar-refractivity contribution is -0.122. The maximum atomic E-state index is 13.4. The number of nitrogens with zero attached hydrogens (tertiary/aromatic N) is 1. The predicted octanol–water partition coefficient (Wildman–Crippen LogP) is 3.54. The Bertz CT molecular complexity index is 1130. The van der Waals surface area contributed by atoms with E-state index in [2.05, 4.69) is 4.98 Å². The van der Waals surface area contributed by atoms with E-state index in [1.807, 2.05) is 61.5 Å². The number of rotatable bonds is 2. The van der Waals surface area contributed by atoms with Gasteiger partial charge in [0.05, 0.1) is 16.6 Å². The lowest BCUT2D eigenvalue weighted by Gasteiger charge is -2.29. The summed E-state index contributed by atoms with van der Waals surface area (Å²) in [5.74, 6) is -1.26. The highest BCUT2D eigenvalue weighted by molar-refractivity contribution is 8.00. The number of aryl methyl sites for hydroxylation is 1. The van der Waals surface area contributed by atoms with Crippen molar-refractivity contribution >= 4 is 40.6 Å². The molecule has 0 radical (unpaired) electrons. The summed E-state index contributed by atoms with van der Waals surface area (Å²) in [5, 5.41) is 0.161. The maximum Gasteiger partial charge on any atom is 0.305 e. The van der Waals surface area contributed by atoms with E-state index in [9.17, 15) is 14.4 Å². The highest BCUT2D eigenvalue weighted by Gasteiger charge is 2.56. The van der Waals surface area contributed by atoms with Gasteiger partial charge in [-0.15, -0.1) is 0 Å². The van der Waals surface area contributed by atoms with E-state index in [1.165, 1.54) is 16.7 Å². The molecule has 2 aliphatic heterocycles. The van der Waals surface area contributed by atoms with Crippen LogP contribution in [0, 0.1) is 12.8 Å². The molecule has 28 heavy (non-hydrogen) atoms. The number of hydrogen-bond donors (Lipinski definition) is 1. The van der Waals surface area contributed by atoms with Crippen LogP contribution < -0.4 is 9.77 Å². The summed E-state index contributed by atoms with van der Waals surface area (Å²) in [5.41, 5.74) is 2.61. The Morgan fingerprint density at radius 2 is 1.64 bits per heavy atom. The minimum absolute atomic E-state index is 0.159. The molecule has 1 saturated heterocycles. The van der Waals surface area contributed by atoms with Gasteiger partial charge in [-0.25, -0.2) is 4.90 Å². The molecule has 5 rings (SSSR count). The Morgan fingerprint density at radius 3 is 2.36 bits per heavy atom. The summed E-state index contributed by atoms with van der Waals surface area (Å²) in [6.07, 6.45) is 0. The molecule has 0 spiro atoms. The third-order valence-electron chi connectivity index (χ3n) is 5.27. The first-order valence-electron chi connectivity index (χ1n) is 8.93. The molecule has 3 atom stereocenters. The average molecular weight is 409 g/mol. The number of anilines is 1. The summed E-state index contributed by atoms with van der Waals surface area (Å²) in [6.45, 7) is 1.97. The number of aromatic amines is 1. The fourth-order valence-electron chi connectivity index (χ4n) is 3.98. The minimum atomic E-state index is -0.545. The Hall–Kier alpha value is -2.64. The summed E-state index contributed by atoms with van der Waals surface area (Å²) in [6, 6.07) is 17.1. The summed E-state index contributed by atoms with van der Waals surface area (Å²) in [7, 11) is 0. The highest BCUT2D eigenvalue weighted by Crippen LogP contribution is 2.53. The first-order chi connectivity index (χ1) is 13.5. The largest absolute Gasteiger partial charge is 0.307 e. The molecule has 0 unspecified atom stereocenters. The van der Waals surface area contributed by atoms with Crippen LogP contribution in [0.4, 0.5) is 5.69 Å². The van der Waals surface area contributed by atoms with Crippen molar-refractivity contribution in [1.82, 2.24) is 4.98 Å². The van der Waals surface area contributed by atoms with E-state index in [0.29, 0.717) is 10.7 Å². The monoisotopic (exact) mass is 408 g/mol. The summed E-state index contributed by atoms with van der Waals surface area (Å²) < 4.78 is 0. The van der Waals surface area contributed by atoms with Gasteiger partial charge in [0.2, 0.25) is 11.8 Å². The number of aromatic nitrogens is 1. The van der Waals surface area contributed by atoms with Gasteiger partial charge in [0.15, 0.2) is 0 Å². The molecular weight excluding hydrogens is 392 g/mol. The third-order valence-corrected chi connectivity index (χ3v) is 7.68. The number of H-pyrrole nitrogens is 1. The van der Waals surface area contributed by atoms with Crippen LogP contribution in [0.25, 0.3) is 0 Å². The molecule has 5 nitrogen and oxygen atoms in total. The molecule has 7 heteroatoms. The minimum Gasteiger partial charge on any atom is -0.307 e. The van der Waals surface area contributed by atoms with E-state index in [4.69, 9.17) is 0 Å². The number of carbonyl (C=O) groups excluding carboxylic acids is 2.